The summed E-state index contributed by atoms with van der Waals surface area (Å²) in [5.41, 5.74) is 5.32. The standard InChI is InChI=1S/C30H61N2O6P/c1-3-5-7-9-11-13-14-16-18-20-22-24-30(34)32-28(27-38-39(35,36)37-26-25-31)29(33)23-21-19-17-15-12-10-8-6-4-2/h21,23,28-29,33H,3-20,22,24-27,31H2,1-2H3,(H,32,34)(H,35,36)/b23-21+. The van der Waals surface area contributed by atoms with Gasteiger partial charge in [0.05, 0.1) is 25.4 Å². The van der Waals surface area contributed by atoms with E-state index in [2.05, 4.69) is 19.2 Å². The molecule has 1 amide bonds. The first-order chi connectivity index (χ1) is 18.9. The molecule has 0 radical (unpaired) electrons. The number of unbranched alkanes of at least 4 members (excludes halogenated alkanes) is 17. The van der Waals surface area contributed by atoms with Gasteiger partial charge in [0.25, 0.3) is 0 Å². The number of carbonyl (C=O) groups excluding carboxylic acids is 1. The van der Waals surface area contributed by atoms with E-state index in [-0.39, 0.29) is 25.7 Å². The summed E-state index contributed by atoms with van der Waals surface area (Å²) >= 11 is 0. The Morgan fingerprint density at radius 3 is 1.82 bits per heavy atom. The number of phosphoric acid groups is 1. The highest BCUT2D eigenvalue weighted by Crippen LogP contribution is 2.43. The van der Waals surface area contributed by atoms with Gasteiger partial charge in [-0.3, -0.25) is 13.8 Å². The Morgan fingerprint density at radius 2 is 1.31 bits per heavy atom. The van der Waals surface area contributed by atoms with Crippen molar-refractivity contribution in [3.8, 4) is 0 Å². The summed E-state index contributed by atoms with van der Waals surface area (Å²) in [6, 6.07) is -0.850. The molecule has 5 N–H and O–H groups in total. The van der Waals surface area contributed by atoms with Gasteiger partial charge in [-0.05, 0) is 19.3 Å². The number of phosphoric ester groups is 1. The highest BCUT2D eigenvalue weighted by Gasteiger charge is 2.26. The topological polar surface area (TPSA) is 131 Å². The number of nitrogens with two attached hydrogens (primary N) is 1. The van der Waals surface area contributed by atoms with E-state index in [4.69, 9.17) is 14.8 Å². The number of nitrogens with one attached hydrogen (secondary N) is 1. The van der Waals surface area contributed by atoms with E-state index in [0.717, 1.165) is 38.5 Å². The van der Waals surface area contributed by atoms with Crippen molar-refractivity contribution in [2.75, 3.05) is 19.8 Å². The summed E-state index contributed by atoms with van der Waals surface area (Å²) in [6.07, 6.45) is 25.4. The van der Waals surface area contributed by atoms with Crippen LogP contribution in [0.3, 0.4) is 0 Å². The van der Waals surface area contributed by atoms with E-state index >= 15 is 0 Å². The van der Waals surface area contributed by atoms with Crippen molar-refractivity contribution >= 4 is 13.7 Å². The molecule has 0 rings (SSSR count). The molecule has 0 aromatic rings. The molecule has 0 heterocycles. The molecule has 3 atom stereocenters. The molecule has 232 valence electrons. The van der Waals surface area contributed by atoms with E-state index < -0.39 is 20.0 Å². The van der Waals surface area contributed by atoms with Gasteiger partial charge in [-0.25, -0.2) is 4.57 Å². The van der Waals surface area contributed by atoms with Gasteiger partial charge in [-0.1, -0.05) is 129 Å². The molecule has 0 aromatic carbocycles. The summed E-state index contributed by atoms with van der Waals surface area (Å²) < 4.78 is 21.9. The molecule has 0 aromatic heterocycles. The number of rotatable bonds is 29. The quantitative estimate of drug-likeness (QED) is 0.0417. The molecule has 0 aliphatic carbocycles. The van der Waals surface area contributed by atoms with Crippen LogP contribution in [0, 0.1) is 0 Å². The minimum atomic E-state index is -4.31. The zero-order valence-corrected chi connectivity index (χ0v) is 26.0. The van der Waals surface area contributed by atoms with Crippen LogP contribution in [0.5, 0.6) is 0 Å². The smallest absolute Gasteiger partial charge is 0.387 e. The van der Waals surface area contributed by atoms with Gasteiger partial charge in [0, 0.05) is 13.0 Å². The van der Waals surface area contributed by atoms with Crippen LogP contribution >= 0.6 is 7.82 Å². The average molecular weight is 577 g/mol. The highest BCUT2D eigenvalue weighted by atomic mass is 31.2. The summed E-state index contributed by atoms with van der Waals surface area (Å²) in [5, 5.41) is 13.5. The third-order valence-corrected chi connectivity index (χ3v) is 7.85. The van der Waals surface area contributed by atoms with Crippen LogP contribution in [0.15, 0.2) is 12.2 Å². The molecular formula is C30H61N2O6P. The van der Waals surface area contributed by atoms with Gasteiger partial charge in [-0.15, -0.1) is 0 Å². The number of aliphatic hydroxyl groups excluding tert-OH is 1. The monoisotopic (exact) mass is 576 g/mol. The Kier molecular flexibility index (Phi) is 26.9. The summed E-state index contributed by atoms with van der Waals surface area (Å²) in [5.74, 6) is -0.199. The van der Waals surface area contributed by atoms with E-state index in [1.165, 1.54) is 83.5 Å². The molecule has 0 saturated carbocycles. The number of aliphatic hydroxyl groups is 1. The molecule has 0 bridgehead atoms. The van der Waals surface area contributed by atoms with Crippen LogP contribution in [0.1, 0.15) is 142 Å². The summed E-state index contributed by atoms with van der Waals surface area (Å²) in [4.78, 5) is 22.4. The molecule has 39 heavy (non-hydrogen) atoms. The second-order valence-electron chi connectivity index (χ2n) is 10.7. The van der Waals surface area contributed by atoms with Crippen LogP contribution in [0.25, 0.3) is 0 Å². The normalized spacial score (nSPS) is 14.9. The minimum absolute atomic E-state index is 0.0804. The van der Waals surface area contributed by atoms with Crippen molar-refractivity contribution in [2.45, 2.75) is 154 Å². The van der Waals surface area contributed by atoms with Gasteiger partial charge >= 0.3 is 7.82 Å². The maximum Gasteiger partial charge on any atom is 0.472 e. The first kappa shape index (κ1) is 38.2. The fourth-order valence-electron chi connectivity index (χ4n) is 4.42. The third kappa shape index (κ3) is 25.9. The largest absolute Gasteiger partial charge is 0.472 e. The Bertz CT molecular complexity index is 635. The lowest BCUT2D eigenvalue weighted by Gasteiger charge is -2.23. The summed E-state index contributed by atoms with van der Waals surface area (Å²) in [6.45, 7) is 4.06. The lowest BCUT2D eigenvalue weighted by molar-refractivity contribution is -0.123. The molecule has 0 aliphatic heterocycles. The Morgan fingerprint density at radius 1 is 0.821 bits per heavy atom. The zero-order valence-electron chi connectivity index (χ0n) is 25.1. The van der Waals surface area contributed by atoms with Crippen molar-refractivity contribution in [1.82, 2.24) is 5.32 Å². The Balaban J connectivity index is 4.43. The first-order valence-electron chi connectivity index (χ1n) is 15.8. The van der Waals surface area contributed by atoms with E-state index in [1.54, 1.807) is 6.08 Å². The second kappa shape index (κ2) is 27.4. The summed E-state index contributed by atoms with van der Waals surface area (Å²) in [7, 11) is -4.31. The van der Waals surface area contributed by atoms with Crippen LogP contribution in [-0.4, -0.2) is 47.8 Å². The van der Waals surface area contributed by atoms with E-state index in [0.29, 0.717) is 6.42 Å². The molecule has 0 aliphatic rings. The van der Waals surface area contributed by atoms with Crippen LogP contribution in [0.2, 0.25) is 0 Å². The maximum atomic E-state index is 12.6. The van der Waals surface area contributed by atoms with Gasteiger partial charge in [-0.2, -0.15) is 0 Å². The van der Waals surface area contributed by atoms with Gasteiger partial charge < -0.3 is 21.1 Å². The Labute approximate surface area is 239 Å². The number of amides is 1. The molecule has 0 fully saturated rings. The first-order valence-corrected chi connectivity index (χ1v) is 17.3. The van der Waals surface area contributed by atoms with Crippen LogP contribution < -0.4 is 11.1 Å². The number of hydrogen-bond donors (Lipinski definition) is 4. The van der Waals surface area contributed by atoms with Crippen LogP contribution in [-0.2, 0) is 18.4 Å². The molecule has 3 unspecified atom stereocenters. The highest BCUT2D eigenvalue weighted by molar-refractivity contribution is 7.47. The predicted molar refractivity (Wildman–Crippen MR) is 162 cm³/mol. The Hall–Kier alpha value is -0.760. The van der Waals surface area contributed by atoms with Crippen molar-refractivity contribution < 1.29 is 28.4 Å². The van der Waals surface area contributed by atoms with Gasteiger partial charge in [0.2, 0.25) is 5.91 Å². The number of hydrogen-bond acceptors (Lipinski definition) is 6. The lowest BCUT2D eigenvalue weighted by atomic mass is 10.0. The molecular weight excluding hydrogens is 515 g/mol. The molecule has 0 spiro atoms. The molecule has 0 saturated heterocycles. The predicted octanol–water partition coefficient (Wildman–Crippen LogP) is 7.32. The van der Waals surface area contributed by atoms with Gasteiger partial charge in [0.1, 0.15) is 0 Å². The van der Waals surface area contributed by atoms with Gasteiger partial charge in [0.15, 0.2) is 0 Å². The zero-order chi connectivity index (χ0) is 29.0. The SMILES string of the molecule is CCCCCCCCC/C=C/C(O)C(COP(=O)(O)OCCN)NC(=O)CCCCCCCCCCCCC. The van der Waals surface area contributed by atoms with E-state index in [9.17, 15) is 19.4 Å². The fraction of sp³-hybridized carbons (Fsp3) is 0.900. The maximum absolute atomic E-state index is 12.6. The van der Waals surface area contributed by atoms with Crippen molar-refractivity contribution in [3.05, 3.63) is 12.2 Å². The number of allylic oxidation sites excluding steroid dienone is 1. The van der Waals surface area contributed by atoms with Crippen molar-refractivity contribution in [3.63, 3.8) is 0 Å². The lowest BCUT2D eigenvalue weighted by Crippen LogP contribution is -2.45. The van der Waals surface area contributed by atoms with Crippen molar-refractivity contribution in [2.24, 2.45) is 5.73 Å². The third-order valence-electron chi connectivity index (χ3n) is 6.86. The molecule has 9 heteroatoms. The number of carbonyl (C=O) groups is 1. The fourth-order valence-corrected chi connectivity index (χ4v) is 5.18. The minimum Gasteiger partial charge on any atom is -0.387 e. The van der Waals surface area contributed by atoms with Crippen LogP contribution in [0.4, 0.5) is 0 Å². The average Bonchev–Trinajstić information content (AvgIpc) is 2.91. The van der Waals surface area contributed by atoms with Crippen molar-refractivity contribution in [1.29, 1.82) is 0 Å². The van der Waals surface area contributed by atoms with E-state index in [1.807, 2.05) is 6.08 Å². The second-order valence-corrected chi connectivity index (χ2v) is 12.1. The molecule has 8 nitrogen and oxygen atoms in total.